The number of aliphatic carboxylic acids is 1. The van der Waals surface area contributed by atoms with E-state index in [4.69, 9.17) is 5.11 Å². The van der Waals surface area contributed by atoms with Crippen molar-refractivity contribution in [1.82, 2.24) is 0 Å². The van der Waals surface area contributed by atoms with E-state index in [1.165, 1.54) is 11.3 Å². The number of para-hydroxylation sites is 1. The van der Waals surface area contributed by atoms with Crippen molar-refractivity contribution in [3.8, 4) is 0 Å². The molecule has 98 valence electrons. The van der Waals surface area contributed by atoms with Gasteiger partial charge < -0.3 is 29.1 Å². The van der Waals surface area contributed by atoms with Crippen LogP contribution in [-0.4, -0.2) is 27.9 Å². The van der Waals surface area contributed by atoms with Crippen LogP contribution in [-0.2, 0) is 10.2 Å². The number of hydrogen-bond acceptors (Lipinski definition) is 1. The van der Waals surface area contributed by atoms with Crippen molar-refractivity contribution in [2.75, 3.05) is 6.54 Å². The van der Waals surface area contributed by atoms with E-state index < -0.39 is 5.97 Å². The van der Waals surface area contributed by atoms with E-state index in [1.807, 2.05) is 12.1 Å². The van der Waals surface area contributed by atoms with Gasteiger partial charge in [0.15, 0.2) is 12.3 Å². The third-order valence-corrected chi connectivity index (χ3v) is 3.73. The predicted octanol–water partition coefficient (Wildman–Crippen LogP) is -0.439. The molecule has 4 heteroatoms. The van der Waals surface area contributed by atoms with E-state index >= 15 is 0 Å². The molecule has 0 unspecified atom stereocenters. The minimum Gasteiger partial charge on any atom is -1.00 e. The molecule has 1 aliphatic heterocycles. The Hall–Kier alpha value is -0.910. The van der Waals surface area contributed by atoms with Gasteiger partial charge in [-0.25, -0.2) is 0 Å². The molecule has 1 heterocycles. The number of rotatable bonds is 3. The molecule has 1 aromatic carbocycles. The van der Waals surface area contributed by atoms with Crippen molar-refractivity contribution < 1.29 is 38.5 Å². The number of hydrogen-bond donors (Lipinski definition) is 1. The number of nitrogens with zero attached hydrogens (tertiary/aromatic N) is 1. The van der Waals surface area contributed by atoms with Crippen LogP contribution in [0.2, 0.25) is 0 Å². The van der Waals surface area contributed by atoms with Crippen LogP contribution in [0.3, 0.4) is 0 Å². The van der Waals surface area contributed by atoms with Crippen LogP contribution in [0.25, 0.3) is 0 Å². The van der Waals surface area contributed by atoms with Gasteiger partial charge in [-0.2, -0.15) is 4.58 Å². The third kappa shape index (κ3) is 2.43. The van der Waals surface area contributed by atoms with Gasteiger partial charge in [-0.3, -0.25) is 4.79 Å². The Kier molecular flexibility index (Phi) is 4.53. The fourth-order valence-corrected chi connectivity index (χ4v) is 2.45. The first kappa shape index (κ1) is 15.1. The quantitative estimate of drug-likeness (QED) is 0.588. The Balaban J connectivity index is 0.00000162. The lowest BCUT2D eigenvalue weighted by Gasteiger charge is -2.14. The molecule has 0 spiro atoms. The summed E-state index contributed by atoms with van der Waals surface area (Å²) >= 11 is 0. The van der Waals surface area contributed by atoms with Gasteiger partial charge >= 0.3 is 5.97 Å². The fourth-order valence-electron chi connectivity index (χ4n) is 2.45. The summed E-state index contributed by atoms with van der Waals surface area (Å²) in [5, 5.41) is 8.80. The van der Waals surface area contributed by atoms with Crippen LogP contribution in [0.1, 0.15) is 32.8 Å². The fraction of sp³-hybridized carbons (Fsp3) is 0.429. The Morgan fingerprint density at radius 1 is 1.33 bits per heavy atom. The lowest BCUT2D eigenvalue weighted by atomic mass is 9.82. The van der Waals surface area contributed by atoms with Gasteiger partial charge in [-0.1, -0.05) is 18.2 Å². The van der Waals surface area contributed by atoms with Gasteiger partial charge in [-0.15, -0.1) is 0 Å². The van der Waals surface area contributed by atoms with Crippen molar-refractivity contribution in [3.63, 3.8) is 0 Å². The van der Waals surface area contributed by atoms with Crippen molar-refractivity contribution in [1.29, 1.82) is 0 Å². The second-order valence-electron chi connectivity index (χ2n) is 5.02. The van der Waals surface area contributed by atoms with Gasteiger partial charge in [0.05, 0.1) is 5.41 Å². The molecule has 3 nitrogen and oxygen atoms in total. The lowest BCUT2D eigenvalue weighted by Crippen LogP contribution is -3.00. The highest BCUT2D eigenvalue weighted by Crippen LogP contribution is 2.39. The van der Waals surface area contributed by atoms with Crippen LogP contribution in [0.5, 0.6) is 0 Å². The number of carboxylic acid groups (broad SMARTS) is 1. The minimum absolute atomic E-state index is 0. The van der Waals surface area contributed by atoms with E-state index in [-0.39, 0.29) is 35.8 Å². The van der Waals surface area contributed by atoms with Gasteiger partial charge in [0, 0.05) is 18.6 Å². The van der Waals surface area contributed by atoms with Gasteiger partial charge in [0.1, 0.15) is 6.42 Å². The van der Waals surface area contributed by atoms with E-state index in [2.05, 4.69) is 37.5 Å². The molecule has 0 bridgehead atoms. The maximum absolute atomic E-state index is 10.7. The van der Waals surface area contributed by atoms with Crippen LogP contribution in [0, 0.1) is 0 Å². The van der Waals surface area contributed by atoms with Gasteiger partial charge in [0.2, 0.25) is 5.69 Å². The average molecular weight is 359 g/mol. The van der Waals surface area contributed by atoms with Crippen LogP contribution in [0.4, 0.5) is 5.69 Å². The second-order valence-corrected chi connectivity index (χ2v) is 5.02. The smallest absolute Gasteiger partial charge is 0.309 e. The normalized spacial score (nSPS) is 16.2. The highest BCUT2D eigenvalue weighted by atomic mass is 127. The van der Waals surface area contributed by atoms with Crippen LogP contribution in [0.15, 0.2) is 24.3 Å². The van der Waals surface area contributed by atoms with Crippen LogP contribution < -0.4 is 24.0 Å². The summed E-state index contributed by atoms with van der Waals surface area (Å²) in [5.41, 5.74) is 3.65. The van der Waals surface area contributed by atoms with E-state index in [0.717, 1.165) is 5.69 Å². The molecule has 0 fully saturated rings. The molecule has 0 radical (unpaired) electrons. The van der Waals surface area contributed by atoms with Gasteiger partial charge in [-0.05, 0) is 13.8 Å². The molecule has 0 amide bonds. The Labute approximate surface area is 125 Å². The first-order chi connectivity index (χ1) is 7.94. The van der Waals surface area contributed by atoms with Crippen molar-refractivity contribution in [2.45, 2.75) is 32.6 Å². The number of benzene rings is 1. The molecule has 18 heavy (non-hydrogen) atoms. The standard InChI is InChI=1S/C14H17NO2.HI/c1-10-14(2,3)11-6-4-5-7-12(11)15(10)9-8-13(16)17;/h4-7H,8-9H2,1-3H3;1H. The number of fused-ring (bicyclic) bond motifs is 1. The summed E-state index contributed by atoms with van der Waals surface area (Å²) in [6, 6.07) is 8.23. The summed E-state index contributed by atoms with van der Waals surface area (Å²) in [7, 11) is 0. The van der Waals surface area contributed by atoms with E-state index in [1.54, 1.807) is 0 Å². The molecule has 0 atom stereocenters. The predicted molar refractivity (Wildman–Crippen MR) is 67.2 cm³/mol. The summed E-state index contributed by atoms with van der Waals surface area (Å²) < 4.78 is 2.13. The molecular weight excluding hydrogens is 341 g/mol. The molecule has 1 N–H and O–H groups in total. The largest absolute Gasteiger partial charge is 1.00 e. The van der Waals surface area contributed by atoms with Gasteiger partial charge in [0.25, 0.3) is 0 Å². The molecular formula is C14H18INO2. The monoisotopic (exact) mass is 359 g/mol. The van der Waals surface area contributed by atoms with Crippen molar-refractivity contribution in [2.24, 2.45) is 0 Å². The highest BCUT2D eigenvalue weighted by molar-refractivity contribution is 5.93. The Bertz CT molecular complexity index is 506. The number of halogens is 1. The van der Waals surface area contributed by atoms with E-state index in [0.29, 0.717) is 6.54 Å². The first-order valence-electron chi connectivity index (χ1n) is 5.87. The van der Waals surface area contributed by atoms with E-state index in [9.17, 15) is 4.79 Å². The summed E-state index contributed by atoms with van der Waals surface area (Å²) in [4.78, 5) is 10.7. The molecule has 0 aliphatic carbocycles. The molecule has 1 aliphatic rings. The molecule has 0 saturated heterocycles. The second kappa shape index (κ2) is 5.38. The highest BCUT2D eigenvalue weighted by Gasteiger charge is 2.42. The molecule has 0 aromatic heterocycles. The number of carboxylic acids is 1. The van der Waals surface area contributed by atoms with Crippen molar-refractivity contribution in [3.05, 3.63) is 29.8 Å². The Morgan fingerprint density at radius 3 is 2.56 bits per heavy atom. The number of carbonyl (C=O) groups is 1. The van der Waals surface area contributed by atoms with Crippen molar-refractivity contribution >= 4 is 17.4 Å². The zero-order valence-corrected chi connectivity index (χ0v) is 13.1. The molecule has 2 rings (SSSR count). The average Bonchev–Trinajstić information content (AvgIpc) is 2.47. The zero-order valence-electron chi connectivity index (χ0n) is 10.9. The summed E-state index contributed by atoms with van der Waals surface area (Å²) in [6.45, 7) is 6.99. The summed E-state index contributed by atoms with van der Waals surface area (Å²) in [6.07, 6.45) is 0.168. The Morgan fingerprint density at radius 2 is 1.94 bits per heavy atom. The maximum atomic E-state index is 10.7. The molecule has 0 saturated carbocycles. The topological polar surface area (TPSA) is 40.3 Å². The first-order valence-corrected chi connectivity index (χ1v) is 5.87. The minimum atomic E-state index is -0.750. The SMILES string of the molecule is CC1=[N+](CCC(=O)O)c2ccccc2C1(C)C.[I-]. The zero-order chi connectivity index (χ0) is 12.6. The lowest BCUT2D eigenvalue weighted by molar-refractivity contribution is -0.438. The van der Waals surface area contributed by atoms with Crippen LogP contribution >= 0.6 is 0 Å². The maximum Gasteiger partial charge on any atom is 0.309 e. The summed E-state index contributed by atoms with van der Waals surface area (Å²) in [5.74, 6) is -0.750. The molecule has 1 aromatic rings. The third-order valence-electron chi connectivity index (χ3n) is 3.73.